The minimum absolute atomic E-state index is 0.124. The molecule has 0 aromatic heterocycles. The van der Waals surface area contributed by atoms with E-state index in [1.165, 1.54) is 12.1 Å². The van der Waals surface area contributed by atoms with E-state index in [1.54, 1.807) is 66.7 Å². The van der Waals surface area contributed by atoms with Crippen LogP contribution in [0.5, 0.6) is 0 Å². The molecule has 10 heteroatoms. The highest BCUT2D eigenvalue weighted by molar-refractivity contribution is 6.34. The van der Waals surface area contributed by atoms with Crippen LogP contribution in [0.4, 0.5) is 18.9 Å². The third kappa shape index (κ3) is 9.18. The third-order valence-electron chi connectivity index (χ3n) is 7.15. The Hall–Kier alpha value is -4.63. The molecule has 0 fully saturated rings. The Morgan fingerprint density at radius 2 is 1.53 bits per heavy atom. The molecule has 0 spiro atoms. The summed E-state index contributed by atoms with van der Waals surface area (Å²) in [7, 11) is 0. The largest absolute Gasteiger partial charge is 0.416 e. The lowest BCUT2D eigenvalue weighted by Gasteiger charge is -2.19. The highest BCUT2D eigenvalue weighted by Crippen LogP contribution is 2.32. The molecular weight excluding hydrogens is 603 g/mol. The van der Waals surface area contributed by atoms with Crippen molar-refractivity contribution in [2.75, 3.05) is 5.32 Å². The number of rotatable bonds is 12. The van der Waals surface area contributed by atoms with Crippen LogP contribution in [0, 0.1) is 0 Å². The lowest BCUT2D eigenvalue weighted by molar-refractivity contribution is -0.137. The van der Waals surface area contributed by atoms with Gasteiger partial charge in [0.1, 0.15) is 6.04 Å². The van der Waals surface area contributed by atoms with Crippen LogP contribution >= 0.6 is 11.6 Å². The van der Waals surface area contributed by atoms with E-state index in [1.807, 2.05) is 6.07 Å². The smallest absolute Gasteiger partial charge is 0.350 e. The van der Waals surface area contributed by atoms with Crippen molar-refractivity contribution in [1.29, 1.82) is 0 Å². The first-order valence-electron chi connectivity index (χ1n) is 14.5. The van der Waals surface area contributed by atoms with Gasteiger partial charge in [-0.1, -0.05) is 98.1 Å². The molecule has 3 N–H and O–H groups in total. The third-order valence-corrected chi connectivity index (χ3v) is 7.46. The van der Waals surface area contributed by atoms with Crippen LogP contribution < -0.4 is 16.0 Å². The standard InChI is InChI=1S/C35H33ClF3N3O3/c1-2-3-5-14-31(43)42-32(25-10-6-4-7-11-25)34(45)40-22-23-15-20-30(29(36)21-23)41-33(44)28-13-9-8-12-27(28)24-16-18-26(19-17-24)35(37,38)39/h4,6-13,15-21,32H,2-3,5,14,22H2,1H3,(H,40,45)(H,41,44)(H,42,43)/t32-/m0/s1. The second-order valence-electron chi connectivity index (χ2n) is 10.5. The molecular formula is C35H33ClF3N3O3. The van der Waals surface area contributed by atoms with Crippen LogP contribution in [0.2, 0.25) is 5.02 Å². The van der Waals surface area contributed by atoms with Crippen LogP contribution in [0.3, 0.4) is 0 Å². The number of unbranched alkanes of at least 4 members (excludes halogenated alkanes) is 2. The van der Waals surface area contributed by atoms with Crippen molar-refractivity contribution in [3.8, 4) is 11.1 Å². The monoisotopic (exact) mass is 635 g/mol. The summed E-state index contributed by atoms with van der Waals surface area (Å²) in [5.41, 5.74) is 2.04. The topological polar surface area (TPSA) is 87.3 Å². The van der Waals surface area contributed by atoms with Crippen LogP contribution in [0.25, 0.3) is 11.1 Å². The fourth-order valence-electron chi connectivity index (χ4n) is 4.74. The van der Waals surface area contributed by atoms with Gasteiger partial charge in [-0.05, 0) is 59.0 Å². The summed E-state index contributed by atoms with van der Waals surface area (Å²) in [6.07, 6.45) is -1.47. The molecule has 45 heavy (non-hydrogen) atoms. The molecule has 0 saturated heterocycles. The zero-order valence-corrected chi connectivity index (χ0v) is 25.3. The Morgan fingerprint density at radius 3 is 2.20 bits per heavy atom. The van der Waals surface area contributed by atoms with E-state index in [9.17, 15) is 27.6 Å². The average Bonchev–Trinajstić information content (AvgIpc) is 3.04. The highest BCUT2D eigenvalue weighted by Gasteiger charge is 2.30. The number of halogens is 4. The van der Waals surface area contributed by atoms with Gasteiger partial charge in [0.25, 0.3) is 5.91 Å². The number of nitrogens with one attached hydrogen (secondary N) is 3. The van der Waals surface area contributed by atoms with Crippen molar-refractivity contribution in [3.05, 3.63) is 124 Å². The zero-order chi connectivity index (χ0) is 32.4. The summed E-state index contributed by atoms with van der Waals surface area (Å²) in [6.45, 7) is 2.18. The Kier molecular flexibility index (Phi) is 11.4. The minimum atomic E-state index is -4.46. The lowest BCUT2D eigenvalue weighted by Crippen LogP contribution is -2.40. The Balaban J connectivity index is 1.42. The molecule has 1 atom stereocenters. The number of hydrogen-bond acceptors (Lipinski definition) is 3. The van der Waals surface area contributed by atoms with Gasteiger partial charge in [-0.25, -0.2) is 0 Å². The van der Waals surface area contributed by atoms with E-state index in [0.29, 0.717) is 34.4 Å². The van der Waals surface area contributed by atoms with Crippen molar-refractivity contribution in [2.24, 2.45) is 0 Å². The second kappa shape index (κ2) is 15.4. The van der Waals surface area contributed by atoms with E-state index >= 15 is 0 Å². The number of carbonyl (C=O) groups excluding carboxylic acids is 3. The molecule has 0 unspecified atom stereocenters. The van der Waals surface area contributed by atoms with Crippen molar-refractivity contribution in [2.45, 2.75) is 51.4 Å². The normalized spacial score (nSPS) is 11.8. The van der Waals surface area contributed by atoms with Crippen LogP contribution in [-0.2, 0) is 22.3 Å². The molecule has 3 amide bonds. The van der Waals surface area contributed by atoms with Gasteiger partial charge in [0, 0.05) is 18.5 Å². The summed E-state index contributed by atoms with van der Waals surface area (Å²) < 4.78 is 39.0. The molecule has 0 aliphatic rings. The van der Waals surface area contributed by atoms with Crippen molar-refractivity contribution in [1.82, 2.24) is 10.6 Å². The lowest BCUT2D eigenvalue weighted by atomic mass is 9.98. The first kappa shape index (κ1) is 33.3. The van der Waals surface area contributed by atoms with Crippen molar-refractivity contribution >= 4 is 35.0 Å². The summed E-state index contributed by atoms with van der Waals surface area (Å²) in [5, 5.41) is 8.68. The quantitative estimate of drug-likeness (QED) is 0.137. The van der Waals surface area contributed by atoms with Gasteiger partial charge in [-0.3, -0.25) is 14.4 Å². The molecule has 6 nitrogen and oxygen atoms in total. The summed E-state index contributed by atoms with van der Waals surface area (Å²) in [5.74, 6) is -1.07. The number of hydrogen-bond donors (Lipinski definition) is 3. The molecule has 234 valence electrons. The van der Waals surface area contributed by atoms with Gasteiger partial charge in [-0.2, -0.15) is 13.2 Å². The van der Waals surface area contributed by atoms with Gasteiger partial charge in [0.2, 0.25) is 11.8 Å². The van der Waals surface area contributed by atoms with Crippen LogP contribution in [0.1, 0.15) is 65.7 Å². The van der Waals surface area contributed by atoms with Gasteiger partial charge in [-0.15, -0.1) is 0 Å². The van der Waals surface area contributed by atoms with E-state index in [2.05, 4.69) is 22.9 Å². The number of carbonyl (C=O) groups is 3. The molecule has 0 saturated carbocycles. The minimum Gasteiger partial charge on any atom is -0.350 e. The van der Waals surface area contributed by atoms with E-state index in [0.717, 1.165) is 31.4 Å². The van der Waals surface area contributed by atoms with Gasteiger partial charge >= 0.3 is 6.18 Å². The maximum absolute atomic E-state index is 13.2. The fourth-order valence-corrected chi connectivity index (χ4v) is 4.99. The predicted molar refractivity (Wildman–Crippen MR) is 170 cm³/mol. The summed E-state index contributed by atoms with van der Waals surface area (Å²) in [6, 6.07) is 24.2. The first-order valence-corrected chi connectivity index (χ1v) is 14.9. The molecule has 0 bridgehead atoms. The van der Waals surface area contributed by atoms with Crippen molar-refractivity contribution in [3.63, 3.8) is 0 Å². The average molecular weight is 636 g/mol. The van der Waals surface area contributed by atoms with Gasteiger partial charge in [0.05, 0.1) is 16.3 Å². The summed E-state index contributed by atoms with van der Waals surface area (Å²) >= 11 is 6.49. The number of amides is 3. The maximum atomic E-state index is 13.2. The predicted octanol–water partition coefficient (Wildman–Crippen LogP) is 8.33. The maximum Gasteiger partial charge on any atom is 0.416 e. The van der Waals surface area contributed by atoms with Crippen molar-refractivity contribution < 1.29 is 27.6 Å². The summed E-state index contributed by atoms with van der Waals surface area (Å²) in [4.78, 5) is 38.9. The van der Waals surface area contributed by atoms with Crippen LogP contribution in [0.15, 0.2) is 97.1 Å². The molecule has 0 heterocycles. The Morgan fingerprint density at radius 1 is 0.844 bits per heavy atom. The SMILES string of the molecule is CCCCCC(=O)N[C@H](C(=O)NCc1ccc(NC(=O)c2ccccc2-c2ccc(C(F)(F)F)cc2)c(Cl)c1)c1ccccc1. The first-order chi connectivity index (χ1) is 21.6. The Bertz CT molecular complexity index is 1630. The molecule has 0 radical (unpaired) electrons. The fraction of sp³-hybridized carbons (Fsp3) is 0.229. The number of alkyl halides is 3. The number of benzene rings is 4. The molecule has 0 aliphatic heterocycles. The molecule has 4 aromatic rings. The van der Waals surface area contributed by atoms with Gasteiger partial charge in [0.15, 0.2) is 0 Å². The number of anilines is 1. The molecule has 4 rings (SSSR count). The van der Waals surface area contributed by atoms with E-state index in [4.69, 9.17) is 11.6 Å². The molecule has 0 aliphatic carbocycles. The zero-order valence-electron chi connectivity index (χ0n) is 24.6. The van der Waals surface area contributed by atoms with E-state index < -0.39 is 23.7 Å². The molecule has 4 aromatic carbocycles. The Labute approximate surface area is 265 Å². The highest BCUT2D eigenvalue weighted by atomic mass is 35.5. The second-order valence-corrected chi connectivity index (χ2v) is 10.9. The van der Waals surface area contributed by atoms with Crippen LogP contribution in [-0.4, -0.2) is 17.7 Å². The van der Waals surface area contributed by atoms with E-state index in [-0.39, 0.29) is 28.9 Å². The van der Waals surface area contributed by atoms with Gasteiger partial charge < -0.3 is 16.0 Å².